The first kappa shape index (κ1) is 28.7. The molecule has 2 heterocycles. The Bertz CT molecular complexity index is 659. The van der Waals surface area contributed by atoms with Gasteiger partial charge in [-0.2, -0.15) is 0 Å². The molecule has 1 aromatic carbocycles. The summed E-state index contributed by atoms with van der Waals surface area (Å²) in [5, 5.41) is 2.95. The standard InChI is InChI=1S/C27H45N3O3.ClH/c1-2-3-4-5-14-21-32-26-16-9-8-15-25(26)28-27(31)33-24(22-29-17-10-6-11-18-29)23-30-19-12-7-13-20-30;/h8-9,15-16,24H,2-7,10-14,17-23H2,1H3,(H,28,31);1H. The number of benzene rings is 1. The molecule has 2 aliphatic rings. The highest BCUT2D eigenvalue weighted by atomic mass is 35.5. The van der Waals surface area contributed by atoms with Crippen molar-refractivity contribution < 1.29 is 14.3 Å². The summed E-state index contributed by atoms with van der Waals surface area (Å²) in [5.41, 5.74) is 0.686. The molecule has 194 valence electrons. The number of hydrogen-bond acceptors (Lipinski definition) is 5. The number of rotatable bonds is 13. The maximum Gasteiger partial charge on any atom is 0.412 e. The number of carbonyl (C=O) groups excluding carboxylic acids is 1. The van der Waals surface area contributed by atoms with Crippen molar-refractivity contribution in [2.45, 2.75) is 83.7 Å². The Morgan fingerprint density at radius 2 is 1.47 bits per heavy atom. The summed E-state index contributed by atoms with van der Waals surface area (Å²) < 4.78 is 12.0. The number of nitrogens with one attached hydrogen (secondary N) is 1. The molecule has 0 aromatic heterocycles. The predicted molar refractivity (Wildman–Crippen MR) is 142 cm³/mol. The molecule has 0 saturated carbocycles. The molecule has 2 aliphatic heterocycles. The van der Waals surface area contributed by atoms with E-state index in [1.165, 1.54) is 64.2 Å². The predicted octanol–water partition coefficient (Wildman–Crippen LogP) is 6.35. The summed E-state index contributed by atoms with van der Waals surface area (Å²) in [5.74, 6) is 0.716. The molecular formula is C27H46ClN3O3. The monoisotopic (exact) mass is 495 g/mol. The van der Waals surface area contributed by atoms with Crippen LogP contribution in [0.25, 0.3) is 0 Å². The highest BCUT2D eigenvalue weighted by molar-refractivity contribution is 5.86. The smallest absolute Gasteiger partial charge is 0.412 e. The van der Waals surface area contributed by atoms with E-state index in [-0.39, 0.29) is 24.6 Å². The Kier molecular flexibility index (Phi) is 14.4. The third-order valence-corrected chi connectivity index (χ3v) is 6.72. The number of piperidine rings is 2. The number of halogens is 1. The van der Waals surface area contributed by atoms with Gasteiger partial charge in [-0.1, -0.05) is 57.6 Å². The molecule has 34 heavy (non-hydrogen) atoms. The maximum atomic E-state index is 12.9. The highest BCUT2D eigenvalue weighted by Crippen LogP contribution is 2.24. The Morgan fingerprint density at radius 1 is 0.882 bits per heavy atom. The third kappa shape index (κ3) is 10.8. The van der Waals surface area contributed by atoms with Gasteiger partial charge in [-0.05, 0) is 70.4 Å². The van der Waals surface area contributed by atoms with Gasteiger partial charge in [0.1, 0.15) is 11.9 Å². The SMILES string of the molecule is CCCCCCCOc1ccccc1NC(=O)OC(CN1CCCCC1)CN1CCCCC1.Cl. The minimum atomic E-state index is -0.381. The molecule has 6 nitrogen and oxygen atoms in total. The van der Waals surface area contributed by atoms with Gasteiger partial charge in [0.2, 0.25) is 0 Å². The average Bonchev–Trinajstić information content (AvgIpc) is 2.83. The first-order valence-electron chi connectivity index (χ1n) is 13.4. The fourth-order valence-corrected chi connectivity index (χ4v) is 4.87. The zero-order valence-corrected chi connectivity index (χ0v) is 22.0. The lowest BCUT2D eigenvalue weighted by molar-refractivity contribution is 0.0438. The van der Waals surface area contributed by atoms with Gasteiger partial charge in [0.05, 0.1) is 12.3 Å². The van der Waals surface area contributed by atoms with E-state index in [4.69, 9.17) is 9.47 Å². The maximum absolute atomic E-state index is 12.9. The Morgan fingerprint density at radius 3 is 2.09 bits per heavy atom. The van der Waals surface area contributed by atoms with Crippen molar-refractivity contribution in [1.29, 1.82) is 0 Å². The number of likely N-dealkylation sites (tertiary alicyclic amines) is 2. The molecule has 1 amide bonds. The molecule has 7 heteroatoms. The van der Waals surface area contributed by atoms with Gasteiger partial charge >= 0.3 is 6.09 Å². The van der Waals surface area contributed by atoms with Crippen LogP contribution < -0.4 is 10.1 Å². The van der Waals surface area contributed by atoms with E-state index in [9.17, 15) is 4.79 Å². The van der Waals surface area contributed by atoms with E-state index in [0.717, 1.165) is 45.7 Å². The fourth-order valence-electron chi connectivity index (χ4n) is 4.87. The van der Waals surface area contributed by atoms with Crippen LogP contribution in [0, 0.1) is 0 Å². The van der Waals surface area contributed by atoms with Gasteiger partial charge in [0, 0.05) is 13.1 Å². The molecular weight excluding hydrogens is 450 g/mol. The van der Waals surface area contributed by atoms with Crippen LogP contribution in [0.2, 0.25) is 0 Å². The van der Waals surface area contributed by atoms with Crippen molar-refractivity contribution in [3.05, 3.63) is 24.3 Å². The Hall–Kier alpha value is -1.50. The van der Waals surface area contributed by atoms with Crippen LogP contribution >= 0.6 is 12.4 Å². The summed E-state index contributed by atoms with van der Waals surface area (Å²) in [6.45, 7) is 8.96. The minimum absolute atomic E-state index is 0. The molecule has 3 rings (SSSR count). The number of nitrogens with zero attached hydrogens (tertiary/aromatic N) is 2. The fraction of sp³-hybridized carbons (Fsp3) is 0.741. The van der Waals surface area contributed by atoms with E-state index in [1.54, 1.807) is 0 Å². The minimum Gasteiger partial charge on any atom is -0.491 e. The van der Waals surface area contributed by atoms with Crippen LogP contribution in [0.4, 0.5) is 10.5 Å². The van der Waals surface area contributed by atoms with Gasteiger partial charge in [-0.25, -0.2) is 4.79 Å². The van der Waals surface area contributed by atoms with Crippen molar-refractivity contribution in [2.75, 3.05) is 51.2 Å². The quantitative estimate of drug-likeness (QED) is 0.323. The lowest BCUT2D eigenvalue weighted by atomic mass is 10.1. The van der Waals surface area contributed by atoms with Gasteiger partial charge < -0.3 is 9.47 Å². The molecule has 1 N–H and O–H groups in total. The van der Waals surface area contributed by atoms with E-state index < -0.39 is 0 Å². The van der Waals surface area contributed by atoms with E-state index >= 15 is 0 Å². The second-order valence-corrected chi connectivity index (χ2v) is 9.63. The summed E-state index contributed by atoms with van der Waals surface area (Å²) in [7, 11) is 0. The topological polar surface area (TPSA) is 54.0 Å². The Balaban J connectivity index is 0.00000408. The molecule has 2 fully saturated rings. The number of unbranched alkanes of at least 4 members (excludes halogenated alkanes) is 4. The van der Waals surface area contributed by atoms with E-state index in [1.807, 2.05) is 24.3 Å². The van der Waals surface area contributed by atoms with E-state index in [2.05, 4.69) is 22.0 Å². The molecule has 0 radical (unpaired) electrons. The lowest BCUT2D eigenvalue weighted by Gasteiger charge is -2.34. The lowest BCUT2D eigenvalue weighted by Crippen LogP contribution is -2.46. The Labute approximate surface area is 213 Å². The second kappa shape index (κ2) is 17.0. The number of para-hydroxylation sites is 2. The number of hydrogen-bond donors (Lipinski definition) is 1. The van der Waals surface area contributed by atoms with Crippen molar-refractivity contribution >= 4 is 24.2 Å². The van der Waals surface area contributed by atoms with Crippen LogP contribution in [0.5, 0.6) is 5.75 Å². The van der Waals surface area contributed by atoms with Crippen LogP contribution in [0.3, 0.4) is 0 Å². The van der Waals surface area contributed by atoms with Crippen molar-refractivity contribution in [2.24, 2.45) is 0 Å². The number of carbonyl (C=O) groups is 1. The van der Waals surface area contributed by atoms with Crippen molar-refractivity contribution in [1.82, 2.24) is 9.80 Å². The third-order valence-electron chi connectivity index (χ3n) is 6.72. The van der Waals surface area contributed by atoms with Crippen LogP contribution in [0.1, 0.15) is 77.6 Å². The largest absolute Gasteiger partial charge is 0.491 e. The summed E-state index contributed by atoms with van der Waals surface area (Å²) in [4.78, 5) is 17.8. The van der Waals surface area contributed by atoms with Crippen molar-refractivity contribution in [3.63, 3.8) is 0 Å². The zero-order chi connectivity index (χ0) is 23.1. The van der Waals surface area contributed by atoms with E-state index in [0.29, 0.717) is 18.0 Å². The van der Waals surface area contributed by atoms with Crippen molar-refractivity contribution in [3.8, 4) is 5.75 Å². The van der Waals surface area contributed by atoms with Gasteiger partial charge in [0.15, 0.2) is 0 Å². The average molecular weight is 496 g/mol. The molecule has 2 saturated heterocycles. The second-order valence-electron chi connectivity index (χ2n) is 9.63. The molecule has 0 spiro atoms. The van der Waals surface area contributed by atoms with Crippen LogP contribution in [0.15, 0.2) is 24.3 Å². The number of ether oxygens (including phenoxy) is 2. The normalized spacial score (nSPS) is 17.2. The molecule has 1 aromatic rings. The number of amides is 1. The van der Waals surface area contributed by atoms with Gasteiger partial charge in [0.25, 0.3) is 0 Å². The first-order chi connectivity index (χ1) is 16.2. The molecule has 0 aliphatic carbocycles. The number of anilines is 1. The summed E-state index contributed by atoms with van der Waals surface area (Å²) in [6.07, 6.45) is 13.1. The molecule has 0 unspecified atom stereocenters. The first-order valence-corrected chi connectivity index (χ1v) is 13.4. The highest BCUT2D eigenvalue weighted by Gasteiger charge is 2.24. The summed E-state index contributed by atoms with van der Waals surface area (Å²) in [6, 6.07) is 7.67. The van der Waals surface area contributed by atoms with Gasteiger partial charge in [-0.15, -0.1) is 12.4 Å². The van der Waals surface area contributed by atoms with Crippen LogP contribution in [-0.2, 0) is 4.74 Å². The molecule has 0 atom stereocenters. The van der Waals surface area contributed by atoms with Crippen LogP contribution in [-0.4, -0.2) is 67.9 Å². The summed E-state index contributed by atoms with van der Waals surface area (Å²) >= 11 is 0. The van der Waals surface area contributed by atoms with Gasteiger partial charge in [-0.3, -0.25) is 15.1 Å². The zero-order valence-electron chi connectivity index (χ0n) is 21.1. The molecule has 0 bridgehead atoms.